The molecule has 1 spiro atoms. The Morgan fingerprint density at radius 3 is 1.80 bits per heavy atom. The predicted octanol–water partition coefficient (Wildman–Crippen LogP) is 14.9. The highest BCUT2D eigenvalue weighted by molar-refractivity contribution is 5.98. The molecule has 3 heteroatoms. The van der Waals surface area contributed by atoms with E-state index < -0.39 is 5.41 Å². The maximum Gasteiger partial charge on any atom is 0.178 e. The second-order valence-corrected chi connectivity index (χ2v) is 17.5. The summed E-state index contributed by atoms with van der Waals surface area (Å²) < 4.78 is 14.0. The molecule has 0 fully saturated rings. The van der Waals surface area contributed by atoms with E-state index in [2.05, 4.69) is 213 Å². The fourth-order valence-corrected chi connectivity index (χ4v) is 11.4. The van der Waals surface area contributed by atoms with Crippen LogP contribution in [0.2, 0.25) is 0 Å². The number of anilines is 2. The molecule has 13 rings (SSSR count). The van der Waals surface area contributed by atoms with E-state index in [9.17, 15) is 0 Å². The van der Waals surface area contributed by atoms with Crippen molar-refractivity contribution in [2.75, 3.05) is 4.90 Å². The maximum absolute atomic E-state index is 7.05. The summed E-state index contributed by atoms with van der Waals surface area (Å²) in [7, 11) is 0. The van der Waals surface area contributed by atoms with Crippen molar-refractivity contribution >= 4 is 11.4 Å². The molecule has 61 heavy (non-hydrogen) atoms. The van der Waals surface area contributed by atoms with Crippen LogP contribution in [0.3, 0.4) is 0 Å². The van der Waals surface area contributed by atoms with E-state index in [-0.39, 0.29) is 11.5 Å². The smallest absolute Gasteiger partial charge is 0.178 e. The Bertz CT molecular complexity index is 3190. The molecule has 4 aliphatic carbocycles. The van der Waals surface area contributed by atoms with Gasteiger partial charge in [0.25, 0.3) is 0 Å². The van der Waals surface area contributed by atoms with Gasteiger partial charge in [-0.2, -0.15) is 0 Å². The first-order valence-corrected chi connectivity index (χ1v) is 21.4. The first kappa shape index (κ1) is 34.5. The van der Waals surface area contributed by atoms with E-state index in [1.54, 1.807) is 0 Å². The molecule has 8 aromatic rings. The van der Waals surface area contributed by atoms with Crippen molar-refractivity contribution in [1.82, 2.24) is 0 Å². The van der Waals surface area contributed by atoms with Gasteiger partial charge in [-0.05, 0) is 104 Å². The summed E-state index contributed by atoms with van der Waals surface area (Å²) in [6, 6.07) is 62.3. The Labute approximate surface area is 356 Å². The number of hydrogen-bond donors (Lipinski definition) is 0. The van der Waals surface area contributed by atoms with Crippen molar-refractivity contribution in [1.29, 1.82) is 0 Å². The third-order valence-corrected chi connectivity index (χ3v) is 14.1. The summed E-state index contributed by atoms with van der Waals surface area (Å²) in [6.07, 6.45) is 9.76. The number of nitrogens with zero attached hydrogens (tertiary/aromatic N) is 1. The summed E-state index contributed by atoms with van der Waals surface area (Å²) in [6.45, 7) is 4.70. The predicted molar refractivity (Wildman–Crippen MR) is 248 cm³/mol. The first-order chi connectivity index (χ1) is 30.0. The summed E-state index contributed by atoms with van der Waals surface area (Å²) in [4.78, 5) is 2.47. The second-order valence-electron chi connectivity index (χ2n) is 17.5. The van der Waals surface area contributed by atoms with Crippen LogP contribution in [0.5, 0.6) is 23.0 Å². The van der Waals surface area contributed by atoms with Gasteiger partial charge in [0.2, 0.25) is 0 Å². The zero-order valence-corrected chi connectivity index (χ0v) is 34.0. The van der Waals surface area contributed by atoms with Crippen LogP contribution in [0, 0.1) is 0 Å². The van der Waals surface area contributed by atoms with E-state index in [1.165, 1.54) is 72.3 Å². The Kier molecular flexibility index (Phi) is 7.11. The van der Waals surface area contributed by atoms with Crippen LogP contribution in [-0.4, -0.2) is 6.04 Å². The highest BCUT2D eigenvalue weighted by Crippen LogP contribution is 2.66. The molecule has 0 amide bonds. The van der Waals surface area contributed by atoms with E-state index >= 15 is 0 Å². The van der Waals surface area contributed by atoms with Gasteiger partial charge in [-0.25, -0.2) is 0 Å². The largest absolute Gasteiger partial charge is 0.449 e. The van der Waals surface area contributed by atoms with Crippen LogP contribution in [0.4, 0.5) is 11.4 Å². The molecule has 0 aromatic heterocycles. The van der Waals surface area contributed by atoms with E-state index in [0.29, 0.717) is 11.5 Å². The molecule has 8 aromatic carbocycles. The van der Waals surface area contributed by atoms with Gasteiger partial charge >= 0.3 is 0 Å². The van der Waals surface area contributed by atoms with E-state index in [1.807, 2.05) is 0 Å². The van der Waals surface area contributed by atoms with Crippen molar-refractivity contribution in [3.8, 4) is 67.5 Å². The van der Waals surface area contributed by atoms with Crippen molar-refractivity contribution in [2.24, 2.45) is 0 Å². The molecule has 290 valence electrons. The van der Waals surface area contributed by atoms with Crippen LogP contribution in [0.15, 0.2) is 194 Å². The lowest BCUT2D eigenvalue weighted by Crippen LogP contribution is -2.30. The SMILES string of the molecule is CC1(C)c2ccccc2-c2ccc(-c3ccccc3N(c3ccc4c(c3)Oc3ccc5c(c3O4)-c3ccccc3C53c4ccccc4-c4ccccc43)C3C=CC=CC3)cc21. The zero-order chi connectivity index (χ0) is 40.5. The van der Waals surface area contributed by atoms with Gasteiger partial charge in [0.15, 0.2) is 23.0 Å². The van der Waals surface area contributed by atoms with Crippen molar-refractivity contribution < 1.29 is 9.47 Å². The van der Waals surface area contributed by atoms with Gasteiger partial charge in [0, 0.05) is 34.0 Å². The average molecular weight is 784 g/mol. The lowest BCUT2D eigenvalue weighted by molar-refractivity contribution is 0.360. The molecular weight excluding hydrogens is 743 g/mol. The third-order valence-electron chi connectivity index (χ3n) is 14.1. The quantitative estimate of drug-likeness (QED) is 0.177. The van der Waals surface area contributed by atoms with Crippen LogP contribution >= 0.6 is 0 Å². The third kappa shape index (κ3) is 4.64. The van der Waals surface area contributed by atoms with Crippen molar-refractivity contribution in [2.45, 2.75) is 37.1 Å². The molecule has 0 bridgehead atoms. The Morgan fingerprint density at radius 1 is 0.475 bits per heavy atom. The Balaban J connectivity index is 0.923. The molecule has 0 saturated heterocycles. The number of hydrogen-bond acceptors (Lipinski definition) is 3. The van der Waals surface area contributed by atoms with E-state index in [0.717, 1.165) is 34.9 Å². The van der Waals surface area contributed by atoms with Crippen LogP contribution in [-0.2, 0) is 10.8 Å². The van der Waals surface area contributed by atoms with Gasteiger partial charge in [0.05, 0.1) is 11.5 Å². The Hall–Kier alpha value is -7.36. The van der Waals surface area contributed by atoms with Gasteiger partial charge in [-0.3, -0.25) is 0 Å². The molecule has 1 aliphatic heterocycles. The summed E-state index contributed by atoms with van der Waals surface area (Å²) in [5, 5.41) is 0. The fraction of sp³-hybridized carbons (Fsp3) is 0.103. The zero-order valence-electron chi connectivity index (χ0n) is 34.0. The Morgan fingerprint density at radius 2 is 1.08 bits per heavy atom. The number of rotatable bonds is 4. The minimum atomic E-state index is -0.448. The minimum absolute atomic E-state index is 0.0888. The molecule has 0 radical (unpaired) electrons. The van der Waals surface area contributed by atoms with Crippen LogP contribution in [0.1, 0.15) is 53.6 Å². The van der Waals surface area contributed by atoms with Crippen LogP contribution in [0.25, 0.3) is 44.5 Å². The normalized spacial score (nSPS) is 16.9. The van der Waals surface area contributed by atoms with Gasteiger partial charge in [-0.1, -0.05) is 172 Å². The first-order valence-electron chi connectivity index (χ1n) is 21.4. The number of allylic oxidation sites excluding steroid dienone is 2. The lowest BCUT2D eigenvalue weighted by Gasteiger charge is -2.35. The van der Waals surface area contributed by atoms with Gasteiger partial charge in [-0.15, -0.1) is 0 Å². The maximum atomic E-state index is 7.05. The average Bonchev–Trinajstić information content (AvgIpc) is 3.87. The standard InChI is InChI=1S/C58H41NO2/c1-57(2)45-23-11-6-19-40(45)43-30-28-36(34-50(43)57)39-18-10-15-27-51(39)59(37-16-4-3-5-17-37)38-29-32-52-54(35-38)60-53-33-31-49-55(56(53)61-52)44-22-9-14-26-48(44)58(49)46-24-12-7-20-41(46)42-21-8-13-25-47(42)58/h3-16,18-35,37H,17H2,1-2H3. The molecule has 3 nitrogen and oxygen atoms in total. The molecule has 1 unspecified atom stereocenters. The van der Waals surface area contributed by atoms with Crippen molar-refractivity contribution in [3.63, 3.8) is 0 Å². The van der Waals surface area contributed by atoms with E-state index in [4.69, 9.17) is 9.47 Å². The topological polar surface area (TPSA) is 21.7 Å². The number of benzene rings is 8. The molecule has 0 saturated carbocycles. The highest BCUT2D eigenvalue weighted by atomic mass is 16.6. The van der Waals surface area contributed by atoms with Gasteiger partial charge in [0.1, 0.15) is 0 Å². The number of para-hydroxylation sites is 1. The molecule has 1 atom stereocenters. The summed E-state index contributed by atoms with van der Waals surface area (Å²) in [5.74, 6) is 2.91. The van der Waals surface area contributed by atoms with Crippen molar-refractivity contribution in [3.05, 3.63) is 228 Å². The second kappa shape index (κ2) is 12.6. The molecule has 0 N–H and O–H groups in total. The monoisotopic (exact) mass is 783 g/mol. The fourth-order valence-electron chi connectivity index (χ4n) is 11.4. The highest BCUT2D eigenvalue weighted by Gasteiger charge is 2.53. The molecule has 5 aliphatic rings. The molecule has 1 heterocycles. The number of fused-ring (bicyclic) bond motifs is 16. The summed E-state index contributed by atoms with van der Waals surface area (Å²) in [5.41, 5.74) is 19.5. The minimum Gasteiger partial charge on any atom is -0.449 e. The summed E-state index contributed by atoms with van der Waals surface area (Å²) >= 11 is 0. The molecular formula is C58H41NO2. The van der Waals surface area contributed by atoms with Gasteiger partial charge < -0.3 is 14.4 Å². The number of ether oxygens (including phenoxy) is 2. The lowest BCUT2D eigenvalue weighted by atomic mass is 9.70. The van der Waals surface area contributed by atoms with Crippen LogP contribution < -0.4 is 14.4 Å².